The van der Waals surface area contributed by atoms with Crippen molar-refractivity contribution in [3.8, 4) is 0 Å². The molecule has 0 aliphatic carbocycles. The summed E-state index contributed by atoms with van der Waals surface area (Å²) < 4.78 is 0. The van der Waals surface area contributed by atoms with E-state index in [0.717, 1.165) is 19.3 Å². The molecular formula is C17H31NO3. The highest BCUT2D eigenvalue weighted by molar-refractivity contribution is 5.77. The van der Waals surface area contributed by atoms with Crippen molar-refractivity contribution >= 4 is 11.9 Å². The summed E-state index contributed by atoms with van der Waals surface area (Å²) in [5.41, 5.74) is 0. The van der Waals surface area contributed by atoms with Crippen LogP contribution in [-0.2, 0) is 9.59 Å². The highest BCUT2D eigenvalue weighted by Crippen LogP contribution is 2.08. The maximum absolute atomic E-state index is 12.1. The highest BCUT2D eigenvalue weighted by atomic mass is 16.4. The zero-order chi connectivity index (χ0) is 15.9. The Morgan fingerprint density at radius 1 is 1.00 bits per heavy atom. The first-order chi connectivity index (χ1) is 10.1. The Labute approximate surface area is 129 Å². The van der Waals surface area contributed by atoms with Gasteiger partial charge in [0, 0.05) is 19.5 Å². The van der Waals surface area contributed by atoms with Gasteiger partial charge in [0.1, 0.15) is 0 Å². The maximum Gasteiger partial charge on any atom is 0.305 e. The molecule has 0 heterocycles. The van der Waals surface area contributed by atoms with E-state index in [2.05, 4.69) is 6.92 Å². The van der Waals surface area contributed by atoms with Crippen molar-refractivity contribution in [3.05, 3.63) is 12.2 Å². The van der Waals surface area contributed by atoms with Crippen LogP contribution >= 0.6 is 0 Å². The molecule has 0 fully saturated rings. The average Bonchev–Trinajstić information content (AvgIpc) is 2.45. The van der Waals surface area contributed by atoms with Gasteiger partial charge in [-0.3, -0.25) is 9.59 Å². The number of aliphatic carboxylic acids is 1. The molecule has 0 aromatic carbocycles. The summed E-state index contributed by atoms with van der Waals surface area (Å²) in [4.78, 5) is 24.5. The van der Waals surface area contributed by atoms with Gasteiger partial charge in [-0.2, -0.15) is 0 Å². The molecule has 4 nitrogen and oxygen atoms in total. The largest absolute Gasteiger partial charge is 0.481 e. The van der Waals surface area contributed by atoms with Gasteiger partial charge in [0.2, 0.25) is 5.91 Å². The number of carbonyl (C=O) groups is 2. The number of hydrogen-bond acceptors (Lipinski definition) is 2. The quantitative estimate of drug-likeness (QED) is 0.413. The van der Waals surface area contributed by atoms with E-state index in [1.165, 1.54) is 25.7 Å². The molecule has 0 aromatic heterocycles. The van der Waals surface area contributed by atoms with Crippen LogP contribution in [0.15, 0.2) is 12.2 Å². The Morgan fingerprint density at radius 3 is 2.29 bits per heavy atom. The lowest BCUT2D eigenvalue weighted by molar-refractivity contribution is -0.138. The van der Waals surface area contributed by atoms with Gasteiger partial charge in [0.05, 0.1) is 6.42 Å². The molecule has 21 heavy (non-hydrogen) atoms. The summed E-state index contributed by atoms with van der Waals surface area (Å²) in [5, 5.41) is 8.78. The van der Waals surface area contributed by atoms with Gasteiger partial charge in [-0.1, -0.05) is 51.2 Å². The summed E-state index contributed by atoms with van der Waals surface area (Å²) in [6.45, 7) is 5.15. The second-order valence-electron chi connectivity index (χ2n) is 5.40. The Kier molecular flexibility index (Phi) is 12.8. The van der Waals surface area contributed by atoms with Gasteiger partial charge in [0.15, 0.2) is 0 Å². The molecule has 122 valence electrons. The molecule has 0 rings (SSSR count). The van der Waals surface area contributed by atoms with Crippen molar-refractivity contribution in [1.29, 1.82) is 0 Å². The lowest BCUT2D eigenvalue weighted by Crippen LogP contribution is -2.33. The number of rotatable bonds is 13. The normalized spacial score (nSPS) is 11.0. The molecule has 0 aromatic rings. The molecule has 0 saturated carbocycles. The predicted molar refractivity (Wildman–Crippen MR) is 86.3 cm³/mol. The number of nitrogens with zero attached hydrogens (tertiary/aromatic N) is 1. The van der Waals surface area contributed by atoms with Crippen molar-refractivity contribution in [2.24, 2.45) is 0 Å². The van der Waals surface area contributed by atoms with Gasteiger partial charge >= 0.3 is 5.97 Å². The standard InChI is InChI=1S/C17H31NO3/c1-3-5-7-8-9-11-14-18(15-13-17(20)21)16(19)12-10-6-4-2/h4,6H,3,5,7-15H2,1-2H3,(H,20,21)/b6-4+. The first kappa shape index (κ1) is 19.7. The third kappa shape index (κ3) is 12.2. The second kappa shape index (κ2) is 13.7. The number of unbranched alkanes of at least 4 members (excludes halogenated alkanes) is 5. The van der Waals surface area contributed by atoms with Crippen molar-refractivity contribution in [3.63, 3.8) is 0 Å². The Balaban J connectivity index is 4.06. The first-order valence-electron chi connectivity index (χ1n) is 8.22. The average molecular weight is 297 g/mol. The van der Waals surface area contributed by atoms with Crippen LogP contribution in [0.1, 0.15) is 71.6 Å². The monoisotopic (exact) mass is 297 g/mol. The zero-order valence-electron chi connectivity index (χ0n) is 13.6. The molecule has 0 saturated heterocycles. The summed E-state index contributed by atoms with van der Waals surface area (Å²) in [6, 6.07) is 0. The van der Waals surface area contributed by atoms with Crippen LogP contribution in [0, 0.1) is 0 Å². The lowest BCUT2D eigenvalue weighted by Gasteiger charge is -2.22. The van der Waals surface area contributed by atoms with Crippen LogP contribution in [-0.4, -0.2) is 35.0 Å². The van der Waals surface area contributed by atoms with E-state index in [0.29, 0.717) is 19.5 Å². The maximum atomic E-state index is 12.1. The van der Waals surface area contributed by atoms with Gasteiger partial charge in [-0.25, -0.2) is 0 Å². The molecule has 4 heteroatoms. The minimum absolute atomic E-state index is 0.0329. The summed E-state index contributed by atoms with van der Waals surface area (Å²) in [5.74, 6) is -0.771. The second-order valence-corrected chi connectivity index (χ2v) is 5.40. The van der Waals surface area contributed by atoms with Crippen LogP contribution in [0.2, 0.25) is 0 Å². The minimum atomic E-state index is -0.843. The minimum Gasteiger partial charge on any atom is -0.481 e. The molecule has 1 amide bonds. The van der Waals surface area contributed by atoms with Crippen molar-refractivity contribution in [2.75, 3.05) is 13.1 Å². The molecule has 1 N–H and O–H groups in total. The third-order valence-corrected chi connectivity index (χ3v) is 3.49. The number of carboxylic acid groups (broad SMARTS) is 1. The third-order valence-electron chi connectivity index (χ3n) is 3.49. The molecule has 0 aliphatic rings. The molecule has 0 bridgehead atoms. The van der Waals surface area contributed by atoms with Crippen LogP contribution < -0.4 is 0 Å². The molecule has 0 radical (unpaired) electrons. The summed E-state index contributed by atoms with van der Waals surface area (Å²) >= 11 is 0. The molecule has 0 unspecified atom stereocenters. The smallest absolute Gasteiger partial charge is 0.305 e. The number of allylic oxidation sites excluding steroid dienone is 2. The van der Waals surface area contributed by atoms with Gasteiger partial charge in [-0.05, 0) is 19.8 Å². The Bertz CT molecular complexity index is 313. The fourth-order valence-corrected chi connectivity index (χ4v) is 2.21. The number of amides is 1. The van der Waals surface area contributed by atoms with E-state index in [-0.39, 0.29) is 12.3 Å². The van der Waals surface area contributed by atoms with Crippen molar-refractivity contribution in [1.82, 2.24) is 4.90 Å². The summed E-state index contributed by atoms with van der Waals surface area (Å²) in [7, 11) is 0. The SMILES string of the molecule is C/C=C/CCC(=O)N(CCCCCCCC)CCC(=O)O. The van der Waals surface area contributed by atoms with Crippen molar-refractivity contribution in [2.45, 2.75) is 71.6 Å². The van der Waals surface area contributed by atoms with E-state index >= 15 is 0 Å². The predicted octanol–water partition coefficient (Wildman–Crippen LogP) is 4.01. The van der Waals surface area contributed by atoms with Crippen molar-refractivity contribution < 1.29 is 14.7 Å². The van der Waals surface area contributed by atoms with E-state index in [4.69, 9.17) is 5.11 Å². The fraction of sp³-hybridized carbons (Fsp3) is 0.765. The van der Waals surface area contributed by atoms with Crippen LogP contribution in [0.25, 0.3) is 0 Å². The lowest BCUT2D eigenvalue weighted by atomic mass is 10.1. The topological polar surface area (TPSA) is 57.6 Å². The first-order valence-corrected chi connectivity index (χ1v) is 8.22. The molecule has 0 atom stereocenters. The molecule has 0 aliphatic heterocycles. The molecular weight excluding hydrogens is 266 g/mol. The fourth-order valence-electron chi connectivity index (χ4n) is 2.21. The molecule has 0 spiro atoms. The van der Waals surface area contributed by atoms with E-state index in [1.807, 2.05) is 19.1 Å². The zero-order valence-corrected chi connectivity index (χ0v) is 13.6. The van der Waals surface area contributed by atoms with Crippen LogP contribution in [0.5, 0.6) is 0 Å². The van der Waals surface area contributed by atoms with Gasteiger partial charge in [-0.15, -0.1) is 0 Å². The Morgan fingerprint density at radius 2 is 1.67 bits per heavy atom. The summed E-state index contributed by atoms with van der Waals surface area (Å²) in [6.07, 6.45) is 12.2. The van der Waals surface area contributed by atoms with E-state index < -0.39 is 5.97 Å². The number of carboxylic acids is 1. The van der Waals surface area contributed by atoms with Gasteiger partial charge in [0.25, 0.3) is 0 Å². The highest BCUT2D eigenvalue weighted by Gasteiger charge is 2.13. The number of hydrogen-bond donors (Lipinski definition) is 1. The van der Waals surface area contributed by atoms with Crippen LogP contribution in [0.3, 0.4) is 0 Å². The van der Waals surface area contributed by atoms with Crippen LogP contribution in [0.4, 0.5) is 0 Å². The van der Waals surface area contributed by atoms with Gasteiger partial charge < -0.3 is 10.0 Å². The Hall–Kier alpha value is -1.32. The van der Waals surface area contributed by atoms with E-state index in [9.17, 15) is 9.59 Å². The van der Waals surface area contributed by atoms with E-state index in [1.54, 1.807) is 4.90 Å². The number of carbonyl (C=O) groups excluding carboxylic acids is 1.